The van der Waals surface area contributed by atoms with E-state index >= 15 is 0 Å². The number of aryl methyl sites for hydroxylation is 2. The molecule has 2 nitrogen and oxygen atoms in total. The van der Waals surface area contributed by atoms with Crippen LogP contribution in [0.3, 0.4) is 0 Å². The van der Waals surface area contributed by atoms with Crippen LogP contribution in [0.25, 0.3) is 0 Å². The van der Waals surface area contributed by atoms with Gasteiger partial charge in [-0.2, -0.15) is 0 Å². The van der Waals surface area contributed by atoms with Crippen LogP contribution in [-0.2, 0) is 4.74 Å². The van der Waals surface area contributed by atoms with Crippen molar-refractivity contribution < 1.29 is 9.84 Å². The predicted octanol–water partition coefficient (Wildman–Crippen LogP) is 2.76. The maximum atomic E-state index is 10.3. The molecule has 88 valence electrons. The Morgan fingerprint density at radius 1 is 1.19 bits per heavy atom. The highest BCUT2D eigenvalue weighted by Gasteiger charge is 2.36. The molecule has 2 atom stereocenters. The first-order valence-corrected chi connectivity index (χ1v) is 5.91. The molecule has 1 aromatic carbocycles. The topological polar surface area (TPSA) is 29.5 Å². The van der Waals surface area contributed by atoms with Gasteiger partial charge in [-0.3, -0.25) is 0 Å². The standard InChI is InChI=1S/C14H20O2/c1-9-6-10(2)8-12(7-9)13(15)14(16-3)11-4-5-11/h6-8,11,13-15H,4-5H2,1-3H3. The number of hydrogen-bond donors (Lipinski definition) is 1. The summed E-state index contributed by atoms with van der Waals surface area (Å²) in [5, 5.41) is 10.3. The first-order valence-electron chi connectivity index (χ1n) is 5.91. The summed E-state index contributed by atoms with van der Waals surface area (Å²) in [4.78, 5) is 0. The molecule has 1 N–H and O–H groups in total. The van der Waals surface area contributed by atoms with Crippen molar-refractivity contribution in [3.8, 4) is 0 Å². The van der Waals surface area contributed by atoms with E-state index < -0.39 is 6.10 Å². The Morgan fingerprint density at radius 3 is 2.19 bits per heavy atom. The number of aliphatic hydroxyl groups is 1. The monoisotopic (exact) mass is 220 g/mol. The third kappa shape index (κ3) is 2.45. The first-order chi connectivity index (χ1) is 7.61. The van der Waals surface area contributed by atoms with E-state index in [1.807, 2.05) is 12.1 Å². The summed E-state index contributed by atoms with van der Waals surface area (Å²) in [6.45, 7) is 4.12. The van der Waals surface area contributed by atoms with Gasteiger partial charge in [0, 0.05) is 7.11 Å². The largest absolute Gasteiger partial charge is 0.386 e. The Bertz CT molecular complexity index is 349. The lowest BCUT2D eigenvalue weighted by atomic mass is 9.97. The molecule has 0 aliphatic heterocycles. The minimum atomic E-state index is -0.490. The van der Waals surface area contributed by atoms with E-state index in [9.17, 15) is 5.11 Å². The molecule has 0 heterocycles. The molecule has 2 rings (SSSR count). The highest BCUT2D eigenvalue weighted by Crippen LogP contribution is 2.39. The Balaban J connectivity index is 2.21. The van der Waals surface area contributed by atoms with Crippen molar-refractivity contribution in [1.82, 2.24) is 0 Å². The minimum absolute atomic E-state index is 0.0406. The molecule has 1 aliphatic carbocycles. The van der Waals surface area contributed by atoms with Crippen molar-refractivity contribution in [2.45, 2.75) is 38.9 Å². The fourth-order valence-electron chi connectivity index (χ4n) is 2.37. The van der Waals surface area contributed by atoms with Crippen LogP contribution in [0.2, 0.25) is 0 Å². The molecule has 0 aromatic heterocycles. The lowest BCUT2D eigenvalue weighted by molar-refractivity contribution is -0.0259. The molecule has 1 aromatic rings. The quantitative estimate of drug-likeness (QED) is 0.845. The Kier molecular flexibility index (Phi) is 3.31. The molecule has 0 radical (unpaired) electrons. The zero-order valence-corrected chi connectivity index (χ0v) is 10.2. The summed E-state index contributed by atoms with van der Waals surface area (Å²) < 4.78 is 5.42. The molecule has 0 spiro atoms. The maximum absolute atomic E-state index is 10.3. The van der Waals surface area contributed by atoms with Crippen molar-refractivity contribution in [2.75, 3.05) is 7.11 Å². The van der Waals surface area contributed by atoms with Crippen LogP contribution in [0, 0.1) is 19.8 Å². The van der Waals surface area contributed by atoms with Gasteiger partial charge in [-0.05, 0) is 38.2 Å². The number of hydrogen-bond acceptors (Lipinski definition) is 2. The average Bonchev–Trinajstić information content (AvgIpc) is 3.01. The average molecular weight is 220 g/mol. The zero-order valence-electron chi connectivity index (χ0n) is 10.2. The van der Waals surface area contributed by atoms with E-state index in [1.54, 1.807) is 7.11 Å². The van der Waals surface area contributed by atoms with Crippen LogP contribution in [0.5, 0.6) is 0 Å². The number of benzene rings is 1. The summed E-state index contributed by atoms with van der Waals surface area (Å²) in [6.07, 6.45) is 1.83. The SMILES string of the molecule is COC(C1CC1)C(O)c1cc(C)cc(C)c1. The molecule has 2 heteroatoms. The summed E-state index contributed by atoms with van der Waals surface area (Å²) >= 11 is 0. The Morgan fingerprint density at radius 2 is 1.75 bits per heavy atom. The zero-order chi connectivity index (χ0) is 11.7. The van der Waals surface area contributed by atoms with Crippen molar-refractivity contribution >= 4 is 0 Å². The normalized spacial score (nSPS) is 19.5. The van der Waals surface area contributed by atoms with Gasteiger partial charge in [0.2, 0.25) is 0 Å². The van der Waals surface area contributed by atoms with E-state index in [4.69, 9.17) is 4.74 Å². The van der Waals surface area contributed by atoms with E-state index in [-0.39, 0.29) is 6.10 Å². The lowest BCUT2D eigenvalue weighted by Gasteiger charge is -2.22. The van der Waals surface area contributed by atoms with Crippen LogP contribution in [0.1, 0.15) is 35.6 Å². The van der Waals surface area contributed by atoms with Gasteiger partial charge in [-0.15, -0.1) is 0 Å². The lowest BCUT2D eigenvalue weighted by Crippen LogP contribution is -2.23. The number of rotatable bonds is 4. The number of ether oxygens (including phenoxy) is 1. The molecule has 16 heavy (non-hydrogen) atoms. The Hall–Kier alpha value is -0.860. The van der Waals surface area contributed by atoms with E-state index in [2.05, 4.69) is 19.9 Å². The summed E-state index contributed by atoms with van der Waals surface area (Å²) in [5.74, 6) is 0.542. The van der Waals surface area contributed by atoms with Crippen LogP contribution in [-0.4, -0.2) is 18.3 Å². The van der Waals surface area contributed by atoms with Gasteiger partial charge < -0.3 is 9.84 Å². The van der Waals surface area contributed by atoms with Gasteiger partial charge in [-0.1, -0.05) is 29.3 Å². The van der Waals surface area contributed by atoms with Gasteiger partial charge in [-0.25, -0.2) is 0 Å². The second-order valence-electron chi connectivity index (χ2n) is 4.90. The van der Waals surface area contributed by atoms with Gasteiger partial charge in [0.15, 0.2) is 0 Å². The molecule has 0 amide bonds. The molecule has 0 saturated heterocycles. The predicted molar refractivity (Wildman–Crippen MR) is 64.4 cm³/mol. The fraction of sp³-hybridized carbons (Fsp3) is 0.571. The van der Waals surface area contributed by atoms with Crippen LogP contribution in [0.15, 0.2) is 18.2 Å². The van der Waals surface area contributed by atoms with Gasteiger partial charge in [0.1, 0.15) is 6.10 Å². The van der Waals surface area contributed by atoms with Crippen molar-refractivity contribution in [3.05, 3.63) is 34.9 Å². The summed E-state index contributed by atoms with van der Waals surface area (Å²) in [7, 11) is 1.69. The number of aliphatic hydroxyl groups excluding tert-OH is 1. The van der Waals surface area contributed by atoms with E-state index in [1.165, 1.54) is 24.0 Å². The molecule has 1 aliphatic rings. The molecule has 1 saturated carbocycles. The van der Waals surface area contributed by atoms with E-state index in [0.717, 1.165) is 5.56 Å². The first kappa shape index (κ1) is 11.6. The summed E-state index contributed by atoms with van der Waals surface area (Å²) in [5.41, 5.74) is 3.37. The number of methoxy groups -OCH3 is 1. The molecule has 0 bridgehead atoms. The van der Waals surface area contributed by atoms with Crippen molar-refractivity contribution in [1.29, 1.82) is 0 Å². The van der Waals surface area contributed by atoms with Crippen molar-refractivity contribution in [2.24, 2.45) is 5.92 Å². The minimum Gasteiger partial charge on any atom is -0.386 e. The highest BCUT2D eigenvalue weighted by atomic mass is 16.5. The van der Waals surface area contributed by atoms with Crippen molar-refractivity contribution in [3.63, 3.8) is 0 Å². The Labute approximate surface area is 97.3 Å². The maximum Gasteiger partial charge on any atom is 0.105 e. The fourth-order valence-corrected chi connectivity index (χ4v) is 2.37. The van der Waals surface area contributed by atoms with Gasteiger partial charge in [0.25, 0.3) is 0 Å². The van der Waals surface area contributed by atoms with Gasteiger partial charge in [0.05, 0.1) is 6.10 Å². The second-order valence-corrected chi connectivity index (χ2v) is 4.90. The molecule has 1 fully saturated rings. The van der Waals surface area contributed by atoms with Gasteiger partial charge >= 0.3 is 0 Å². The highest BCUT2D eigenvalue weighted by molar-refractivity contribution is 5.30. The third-order valence-corrected chi connectivity index (χ3v) is 3.26. The molecule has 2 unspecified atom stereocenters. The van der Waals surface area contributed by atoms with Crippen LogP contribution in [0.4, 0.5) is 0 Å². The van der Waals surface area contributed by atoms with Crippen LogP contribution < -0.4 is 0 Å². The smallest absolute Gasteiger partial charge is 0.105 e. The second kappa shape index (κ2) is 4.56. The molecular formula is C14H20O2. The van der Waals surface area contributed by atoms with E-state index in [0.29, 0.717) is 5.92 Å². The molecular weight excluding hydrogens is 200 g/mol. The van der Waals surface area contributed by atoms with Crippen LogP contribution >= 0.6 is 0 Å². The third-order valence-electron chi connectivity index (χ3n) is 3.26. The summed E-state index contributed by atoms with van der Waals surface area (Å²) in [6, 6.07) is 6.22.